The number of amides is 1. The minimum atomic E-state index is -0.205. The maximum atomic E-state index is 12.6. The van der Waals surface area contributed by atoms with Gasteiger partial charge in [0.15, 0.2) is 11.6 Å². The van der Waals surface area contributed by atoms with Crippen molar-refractivity contribution >= 4 is 5.91 Å². The molecule has 3 aromatic rings. The van der Waals surface area contributed by atoms with Crippen molar-refractivity contribution in [3.63, 3.8) is 0 Å². The van der Waals surface area contributed by atoms with Gasteiger partial charge in [-0.3, -0.25) is 14.7 Å². The van der Waals surface area contributed by atoms with Gasteiger partial charge in [0.25, 0.3) is 5.91 Å². The molecule has 1 saturated heterocycles. The van der Waals surface area contributed by atoms with E-state index in [9.17, 15) is 4.79 Å². The minimum Gasteiger partial charge on any atom is -0.459 e. The first-order valence-corrected chi connectivity index (χ1v) is 9.50. The van der Waals surface area contributed by atoms with Crippen LogP contribution >= 0.6 is 0 Å². The van der Waals surface area contributed by atoms with Crippen molar-refractivity contribution in [2.75, 3.05) is 39.9 Å². The van der Waals surface area contributed by atoms with Crippen LogP contribution in [-0.2, 0) is 11.3 Å². The highest BCUT2D eigenvalue weighted by Crippen LogP contribution is 2.26. The first-order valence-electron chi connectivity index (χ1n) is 9.50. The summed E-state index contributed by atoms with van der Waals surface area (Å²) >= 11 is 0. The lowest BCUT2D eigenvalue weighted by Gasteiger charge is -2.38. The monoisotopic (exact) mass is 397 g/mol. The number of piperazine rings is 1. The van der Waals surface area contributed by atoms with Crippen molar-refractivity contribution in [3.8, 4) is 0 Å². The molecule has 0 bridgehead atoms. The van der Waals surface area contributed by atoms with Crippen LogP contribution in [0, 0.1) is 0 Å². The summed E-state index contributed by atoms with van der Waals surface area (Å²) in [7, 11) is 1.65. The molecule has 0 spiro atoms. The molecule has 10 nitrogen and oxygen atoms in total. The maximum absolute atomic E-state index is 12.6. The number of ether oxygens (including phenoxy) is 1. The zero-order chi connectivity index (χ0) is 20.1. The van der Waals surface area contributed by atoms with Gasteiger partial charge in [-0.05, 0) is 34.7 Å². The number of tetrazole rings is 1. The van der Waals surface area contributed by atoms with E-state index in [0.717, 1.165) is 5.69 Å². The Balaban J connectivity index is 1.54. The molecule has 0 aromatic carbocycles. The van der Waals surface area contributed by atoms with E-state index in [0.29, 0.717) is 50.9 Å². The molecule has 0 radical (unpaired) electrons. The molecule has 152 valence electrons. The summed E-state index contributed by atoms with van der Waals surface area (Å²) in [6.45, 7) is 3.58. The van der Waals surface area contributed by atoms with Crippen LogP contribution < -0.4 is 0 Å². The molecule has 0 aliphatic carbocycles. The third kappa shape index (κ3) is 4.17. The van der Waals surface area contributed by atoms with E-state index in [4.69, 9.17) is 9.15 Å². The zero-order valence-corrected chi connectivity index (χ0v) is 16.2. The molecule has 29 heavy (non-hydrogen) atoms. The first kappa shape index (κ1) is 19.2. The van der Waals surface area contributed by atoms with E-state index in [1.807, 2.05) is 18.2 Å². The second kappa shape index (κ2) is 8.93. The van der Waals surface area contributed by atoms with Crippen LogP contribution in [0.2, 0.25) is 0 Å². The molecular weight excluding hydrogens is 374 g/mol. The Labute approximate surface area is 168 Å². The number of pyridine rings is 1. The van der Waals surface area contributed by atoms with E-state index in [-0.39, 0.29) is 11.9 Å². The van der Waals surface area contributed by atoms with Crippen molar-refractivity contribution in [1.29, 1.82) is 0 Å². The fourth-order valence-corrected chi connectivity index (χ4v) is 3.50. The Morgan fingerprint density at radius 3 is 2.76 bits per heavy atom. The molecule has 4 rings (SSSR count). The largest absolute Gasteiger partial charge is 0.459 e. The van der Waals surface area contributed by atoms with Gasteiger partial charge in [0.1, 0.15) is 6.04 Å². The smallest absolute Gasteiger partial charge is 0.289 e. The van der Waals surface area contributed by atoms with Gasteiger partial charge in [-0.15, -0.1) is 5.10 Å². The van der Waals surface area contributed by atoms with Crippen LogP contribution in [0.1, 0.15) is 28.1 Å². The van der Waals surface area contributed by atoms with Crippen LogP contribution in [0.15, 0.2) is 47.2 Å². The van der Waals surface area contributed by atoms with E-state index in [1.165, 1.54) is 6.26 Å². The van der Waals surface area contributed by atoms with Gasteiger partial charge in [-0.2, -0.15) is 0 Å². The topological polar surface area (TPSA) is 102 Å². The van der Waals surface area contributed by atoms with Gasteiger partial charge in [0, 0.05) is 39.5 Å². The van der Waals surface area contributed by atoms with Crippen LogP contribution in [0.3, 0.4) is 0 Å². The molecule has 1 amide bonds. The summed E-state index contributed by atoms with van der Waals surface area (Å²) in [5, 5.41) is 12.3. The highest BCUT2D eigenvalue weighted by Gasteiger charge is 2.33. The summed E-state index contributed by atoms with van der Waals surface area (Å²) in [5.74, 6) is 0.990. The summed E-state index contributed by atoms with van der Waals surface area (Å²) < 4.78 is 12.2. The van der Waals surface area contributed by atoms with Gasteiger partial charge in [0.2, 0.25) is 0 Å². The third-order valence-electron chi connectivity index (χ3n) is 4.98. The average molecular weight is 397 g/mol. The van der Waals surface area contributed by atoms with Crippen molar-refractivity contribution in [3.05, 3.63) is 60.1 Å². The normalized spacial score (nSPS) is 16.1. The molecule has 1 unspecified atom stereocenters. The van der Waals surface area contributed by atoms with E-state index < -0.39 is 0 Å². The standard InChI is InChI=1S/C19H23N7O3/c1-28-14-12-26-18(21-22-23-26)17(15-5-2-3-7-20-15)24-8-10-25(11-9-24)19(27)16-6-4-13-29-16/h2-7,13,17H,8-12,14H2,1H3. The van der Waals surface area contributed by atoms with Gasteiger partial charge < -0.3 is 14.1 Å². The first-order chi connectivity index (χ1) is 14.3. The van der Waals surface area contributed by atoms with Crippen molar-refractivity contribution in [2.45, 2.75) is 12.6 Å². The number of rotatable bonds is 7. The molecule has 1 aliphatic rings. The summed E-state index contributed by atoms with van der Waals surface area (Å²) in [4.78, 5) is 21.2. The quantitative estimate of drug-likeness (QED) is 0.578. The van der Waals surface area contributed by atoms with Gasteiger partial charge in [0.05, 0.1) is 25.1 Å². The lowest BCUT2D eigenvalue weighted by molar-refractivity contribution is 0.0555. The molecule has 0 N–H and O–H groups in total. The van der Waals surface area contributed by atoms with Gasteiger partial charge in [-0.1, -0.05) is 6.07 Å². The molecule has 0 saturated carbocycles. The lowest BCUT2D eigenvalue weighted by Crippen LogP contribution is -2.50. The summed E-state index contributed by atoms with van der Waals surface area (Å²) in [6.07, 6.45) is 3.28. The van der Waals surface area contributed by atoms with Crippen molar-refractivity contribution < 1.29 is 13.9 Å². The second-order valence-electron chi connectivity index (χ2n) is 6.72. The Kier molecular flexibility index (Phi) is 5.92. The van der Waals surface area contributed by atoms with Gasteiger partial charge >= 0.3 is 0 Å². The van der Waals surface area contributed by atoms with Crippen molar-refractivity contribution in [1.82, 2.24) is 35.0 Å². The fourth-order valence-electron chi connectivity index (χ4n) is 3.50. The number of carbonyl (C=O) groups excluding carboxylic acids is 1. The maximum Gasteiger partial charge on any atom is 0.289 e. The third-order valence-corrected chi connectivity index (χ3v) is 4.98. The SMILES string of the molecule is COCCn1nnnc1C(c1ccccn1)N1CCN(C(=O)c2ccco2)CC1. The molecule has 10 heteroatoms. The zero-order valence-electron chi connectivity index (χ0n) is 16.2. The Morgan fingerprint density at radius 1 is 1.21 bits per heavy atom. The average Bonchev–Trinajstić information content (AvgIpc) is 3.46. The number of aromatic nitrogens is 5. The number of hydrogen-bond acceptors (Lipinski definition) is 8. The predicted molar refractivity (Wildman–Crippen MR) is 102 cm³/mol. The molecular formula is C19H23N7O3. The Hall–Kier alpha value is -3.11. The van der Waals surface area contributed by atoms with E-state index in [1.54, 1.807) is 35.0 Å². The number of nitrogens with zero attached hydrogens (tertiary/aromatic N) is 7. The minimum absolute atomic E-state index is 0.0889. The van der Waals surface area contributed by atoms with Crippen LogP contribution in [0.5, 0.6) is 0 Å². The Bertz CT molecular complexity index is 905. The highest BCUT2D eigenvalue weighted by molar-refractivity contribution is 5.91. The molecule has 1 atom stereocenters. The van der Waals surface area contributed by atoms with Crippen LogP contribution in [0.4, 0.5) is 0 Å². The number of furan rings is 1. The highest BCUT2D eigenvalue weighted by atomic mass is 16.5. The molecule has 3 aromatic heterocycles. The number of methoxy groups -OCH3 is 1. The molecule has 1 aliphatic heterocycles. The van der Waals surface area contributed by atoms with Gasteiger partial charge in [-0.25, -0.2) is 4.68 Å². The Morgan fingerprint density at radius 2 is 2.07 bits per heavy atom. The van der Waals surface area contributed by atoms with E-state index in [2.05, 4.69) is 25.4 Å². The summed E-state index contributed by atoms with van der Waals surface area (Å²) in [6, 6.07) is 9.02. The number of carbonyl (C=O) groups is 1. The van der Waals surface area contributed by atoms with Crippen molar-refractivity contribution in [2.24, 2.45) is 0 Å². The van der Waals surface area contributed by atoms with E-state index >= 15 is 0 Å². The summed E-state index contributed by atoms with van der Waals surface area (Å²) in [5.41, 5.74) is 0.867. The van der Waals surface area contributed by atoms with Crippen LogP contribution in [0.25, 0.3) is 0 Å². The molecule has 1 fully saturated rings. The second-order valence-corrected chi connectivity index (χ2v) is 6.72. The number of hydrogen-bond donors (Lipinski definition) is 0. The van der Waals surface area contributed by atoms with Crippen LogP contribution in [-0.4, -0.2) is 80.8 Å². The lowest BCUT2D eigenvalue weighted by atomic mass is 10.1. The fraction of sp³-hybridized carbons (Fsp3) is 0.421. The predicted octanol–water partition coefficient (Wildman–Crippen LogP) is 0.855. The molecule has 4 heterocycles.